The number of hydrogen-bond acceptors (Lipinski definition) is 6. The molecule has 2 aromatic carbocycles. The molecule has 0 bridgehead atoms. The highest BCUT2D eigenvalue weighted by atomic mass is 32.2. The van der Waals surface area contributed by atoms with E-state index in [0.717, 1.165) is 16.8 Å². The van der Waals surface area contributed by atoms with E-state index in [1.54, 1.807) is 0 Å². The molecule has 0 unspecified atom stereocenters. The predicted molar refractivity (Wildman–Crippen MR) is 124 cm³/mol. The van der Waals surface area contributed by atoms with Crippen LogP contribution in [-0.4, -0.2) is 27.8 Å². The number of anilines is 2. The molecule has 3 rings (SSSR count). The summed E-state index contributed by atoms with van der Waals surface area (Å²) in [6.45, 7) is 8.36. The van der Waals surface area contributed by atoms with Crippen molar-refractivity contribution in [1.29, 1.82) is 0 Å². The Morgan fingerprint density at radius 2 is 1.77 bits per heavy atom. The topological polar surface area (TPSA) is 84.0 Å². The molecule has 1 aromatic heterocycles. The Bertz CT molecular complexity index is 1040. The molecular weight excluding hydrogens is 416 g/mol. The molecule has 0 aliphatic rings. The monoisotopic (exact) mass is 440 g/mol. The van der Waals surface area contributed by atoms with Crippen molar-refractivity contribution >= 4 is 45.7 Å². The molecule has 3 aromatic rings. The highest BCUT2D eigenvalue weighted by Crippen LogP contribution is 2.26. The van der Waals surface area contributed by atoms with Gasteiger partial charge in [0.1, 0.15) is 0 Å². The smallest absolute Gasteiger partial charge is 0.257 e. The number of thioether (sulfide) groups is 1. The van der Waals surface area contributed by atoms with Crippen molar-refractivity contribution in [1.82, 2.24) is 10.2 Å². The Kier molecular flexibility index (Phi) is 6.89. The Morgan fingerprint density at radius 1 is 1.03 bits per heavy atom. The molecule has 156 valence electrons. The van der Waals surface area contributed by atoms with Gasteiger partial charge < -0.3 is 5.32 Å². The van der Waals surface area contributed by atoms with Gasteiger partial charge in [0.25, 0.3) is 5.91 Å². The number of amides is 2. The number of carbonyl (C=O) groups is 2. The molecule has 0 radical (unpaired) electrons. The fraction of sp³-hybridized carbons (Fsp3) is 0.273. The second-order valence-electron chi connectivity index (χ2n) is 7.86. The molecule has 0 saturated carbocycles. The molecule has 2 amide bonds. The summed E-state index contributed by atoms with van der Waals surface area (Å²) in [4.78, 5) is 24.6. The number of aryl methyl sites for hydroxylation is 1. The zero-order chi connectivity index (χ0) is 21.7. The highest BCUT2D eigenvalue weighted by molar-refractivity contribution is 8.01. The number of carbonyl (C=O) groups excluding carboxylic acids is 2. The van der Waals surface area contributed by atoms with Crippen molar-refractivity contribution in [3.8, 4) is 0 Å². The summed E-state index contributed by atoms with van der Waals surface area (Å²) < 4.78 is 0.618. The lowest BCUT2D eigenvalue weighted by atomic mass is 9.87. The first-order valence-electron chi connectivity index (χ1n) is 9.45. The van der Waals surface area contributed by atoms with Crippen LogP contribution in [0, 0.1) is 6.92 Å². The molecular formula is C22H24N4O2S2. The van der Waals surface area contributed by atoms with Crippen LogP contribution >= 0.6 is 23.1 Å². The predicted octanol–water partition coefficient (Wildman–Crippen LogP) is 5.13. The van der Waals surface area contributed by atoms with E-state index >= 15 is 0 Å². The summed E-state index contributed by atoms with van der Waals surface area (Å²) in [5.41, 5.74) is 3.61. The number of nitrogens with one attached hydrogen (secondary N) is 2. The standard InChI is InChI=1S/C22H24N4O2S2/c1-14-6-5-7-17(12-14)23-18(27)13-29-21-26-25-20(30-21)24-19(28)15-8-10-16(11-9-15)22(2,3)4/h5-12H,13H2,1-4H3,(H,23,27)(H,24,25,28). The van der Waals surface area contributed by atoms with Crippen molar-refractivity contribution in [2.45, 2.75) is 37.4 Å². The highest BCUT2D eigenvalue weighted by Gasteiger charge is 2.15. The first kappa shape index (κ1) is 22.0. The van der Waals surface area contributed by atoms with Crippen LogP contribution in [0.5, 0.6) is 0 Å². The van der Waals surface area contributed by atoms with Gasteiger partial charge in [-0.1, -0.05) is 68.1 Å². The maximum atomic E-state index is 12.4. The van der Waals surface area contributed by atoms with Gasteiger partial charge in [0.05, 0.1) is 5.75 Å². The van der Waals surface area contributed by atoms with Gasteiger partial charge in [0, 0.05) is 11.3 Å². The maximum absolute atomic E-state index is 12.4. The molecule has 0 aliphatic carbocycles. The van der Waals surface area contributed by atoms with Crippen LogP contribution in [0.1, 0.15) is 42.3 Å². The zero-order valence-electron chi connectivity index (χ0n) is 17.4. The Hall–Kier alpha value is -2.71. The lowest BCUT2D eigenvalue weighted by Gasteiger charge is -2.18. The number of aromatic nitrogens is 2. The van der Waals surface area contributed by atoms with E-state index in [2.05, 4.69) is 41.6 Å². The first-order valence-corrected chi connectivity index (χ1v) is 11.3. The second-order valence-corrected chi connectivity index (χ2v) is 10.1. The summed E-state index contributed by atoms with van der Waals surface area (Å²) >= 11 is 2.52. The van der Waals surface area contributed by atoms with Gasteiger partial charge in [0.15, 0.2) is 4.34 Å². The second kappa shape index (κ2) is 9.40. The minimum atomic E-state index is -0.236. The number of nitrogens with zero attached hydrogens (tertiary/aromatic N) is 2. The summed E-state index contributed by atoms with van der Waals surface area (Å²) in [5, 5.41) is 14.1. The fourth-order valence-electron chi connectivity index (χ4n) is 2.66. The average Bonchev–Trinajstić information content (AvgIpc) is 3.13. The lowest BCUT2D eigenvalue weighted by molar-refractivity contribution is -0.113. The maximum Gasteiger partial charge on any atom is 0.257 e. The summed E-state index contributed by atoms with van der Waals surface area (Å²) in [5.74, 6) is -0.143. The van der Waals surface area contributed by atoms with Crippen LogP contribution in [0.3, 0.4) is 0 Å². The Morgan fingerprint density at radius 3 is 2.43 bits per heavy atom. The Labute approximate surface area is 184 Å². The van der Waals surface area contributed by atoms with Crippen molar-refractivity contribution in [2.75, 3.05) is 16.4 Å². The van der Waals surface area contributed by atoms with Gasteiger partial charge in [-0.15, -0.1) is 10.2 Å². The van der Waals surface area contributed by atoms with Crippen molar-refractivity contribution < 1.29 is 9.59 Å². The third-order valence-electron chi connectivity index (χ3n) is 4.27. The van der Waals surface area contributed by atoms with Crippen LogP contribution < -0.4 is 10.6 Å². The van der Waals surface area contributed by atoms with Gasteiger partial charge in [-0.3, -0.25) is 14.9 Å². The third-order valence-corrected chi connectivity index (χ3v) is 6.24. The van der Waals surface area contributed by atoms with Crippen LogP contribution in [0.2, 0.25) is 0 Å². The molecule has 2 N–H and O–H groups in total. The van der Waals surface area contributed by atoms with E-state index in [1.807, 2.05) is 55.5 Å². The van der Waals surface area contributed by atoms with E-state index < -0.39 is 0 Å². The molecule has 0 atom stereocenters. The van der Waals surface area contributed by atoms with Crippen molar-refractivity contribution in [3.63, 3.8) is 0 Å². The van der Waals surface area contributed by atoms with Crippen molar-refractivity contribution in [2.24, 2.45) is 0 Å². The van der Waals surface area contributed by atoms with Gasteiger partial charge in [-0.2, -0.15) is 0 Å². The SMILES string of the molecule is Cc1cccc(NC(=O)CSc2nnc(NC(=O)c3ccc(C(C)(C)C)cc3)s2)c1. The van der Waals surface area contributed by atoms with Crippen LogP contribution in [0.25, 0.3) is 0 Å². The summed E-state index contributed by atoms with van der Waals surface area (Å²) in [6.07, 6.45) is 0. The molecule has 6 nitrogen and oxygen atoms in total. The molecule has 8 heteroatoms. The normalized spacial score (nSPS) is 11.2. The first-order chi connectivity index (χ1) is 14.2. The molecule has 0 saturated heterocycles. The average molecular weight is 441 g/mol. The van der Waals surface area contributed by atoms with E-state index in [0.29, 0.717) is 15.0 Å². The number of rotatable bonds is 6. The Balaban J connectivity index is 1.52. The number of hydrogen-bond donors (Lipinski definition) is 2. The molecule has 0 spiro atoms. The van der Waals surface area contributed by atoms with Gasteiger partial charge >= 0.3 is 0 Å². The van der Waals surface area contributed by atoms with E-state index in [-0.39, 0.29) is 23.0 Å². The molecule has 0 fully saturated rings. The summed E-state index contributed by atoms with van der Waals surface area (Å²) in [7, 11) is 0. The number of benzene rings is 2. The van der Waals surface area contributed by atoms with Gasteiger partial charge in [-0.25, -0.2) is 0 Å². The minimum Gasteiger partial charge on any atom is -0.325 e. The van der Waals surface area contributed by atoms with Gasteiger partial charge in [-0.05, 0) is 47.7 Å². The van der Waals surface area contributed by atoms with Crippen LogP contribution in [0.15, 0.2) is 52.9 Å². The molecule has 30 heavy (non-hydrogen) atoms. The fourth-order valence-corrected chi connectivity index (χ4v) is 4.20. The third kappa shape index (κ3) is 6.14. The van der Waals surface area contributed by atoms with E-state index in [4.69, 9.17) is 0 Å². The lowest BCUT2D eigenvalue weighted by Crippen LogP contribution is -2.14. The van der Waals surface area contributed by atoms with Crippen LogP contribution in [-0.2, 0) is 10.2 Å². The van der Waals surface area contributed by atoms with Crippen LogP contribution in [0.4, 0.5) is 10.8 Å². The minimum absolute atomic E-state index is 0.0337. The van der Waals surface area contributed by atoms with Gasteiger partial charge in [0.2, 0.25) is 11.0 Å². The van der Waals surface area contributed by atoms with E-state index in [9.17, 15) is 9.59 Å². The zero-order valence-corrected chi connectivity index (χ0v) is 19.0. The molecule has 0 aliphatic heterocycles. The quantitative estimate of drug-likeness (QED) is 0.410. The largest absolute Gasteiger partial charge is 0.325 e. The summed E-state index contributed by atoms with van der Waals surface area (Å²) in [6, 6.07) is 15.2. The van der Waals surface area contributed by atoms with Crippen molar-refractivity contribution in [3.05, 3.63) is 65.2 Å². The molecule has 1 heterocycles. The van der Waals surface area contributed by atoms with E-state index in [1.165, 1.54) is 23.1 Å².